The maximum atomic E-state index is 14.1. The van der Waals surface area contributed by atoms with Crippen molar-refractivity contribution in [2.45, 2.75) is 27.7 Å². The van der Waals surface area contributed by atoms with Crippen LogP contribution in [0, 0.1) is 35.3 Å². The fourth-order valence-corrected chi connectivity index (χ4v) is 3.05. The van der Waals surface area contributed by atoms with Gasteiger partial charge < -0.3 is 9.15 Å². The fourth-order valence-electron chi connectivity index (χ4n) is 2.79. The van der Waals surface area contributed by atoms with Gasteiger partial charge in [-0.05, 0) is 39.8 Å². The van der Waals surface area contributed by atoms with Crippen LogP contribution in [-0.2, 0) is 16.6 Å². The molecule has 2 heterocycles. The van der Waals surface area contributed by atoms with Gasteiger partial charge in [0.15, 0.2) is 5.76 Å². The van der Waals surface area contributed by atoms with Gasteiger partial charge in [0.25, 0.3) is 0 Å². The second-order valence-electron chi connectivity index (χ2n) is 7.96. The molecule has 0 aliphatic carbocycles. The van der Waals surface area contributed by atoms with E-state index in [1.165, 1.54) is 10.7 Å². The Morgan fingerprint density at radius 2 is 1.91 bits per heavy atom. The smallest absolute Gasteiger partial charge is 0.316 e. The second-order valence-corrected chi connectivity index (χ2v) is 8.32. The lowest BCUT2D eigenvalue weighted by Crippen LogP contribution is -2.23. The minimum Gasteiger partial charge on any atom is -0.444 e. The molecule has 10 heteroatoms. The number of rotatable bonds is 4. The summed E-state index contributed by atoms with van der Waals surface area (Å²) in [7, 11) is 1.59. The zero-order chi connectivity index (χ0) is 23.8. The van der Waals surface area contributed by atoms with E-state index < -0.39 is 28.6 Å². The number of carbonyl (C=O) groups excluding carboxylic acids is 1. The Kier molecular flexibility index (Phi) is 6.19. The molecule has 7 nitrogen and oxygen atoms in total. The summed E-state index contributed by atoms with van der Waals surface area (Å²) in [4.78, 5) is 16.7. The van der Waals surface area contributed by atoms with E-state index in [2.05, 4.69) is 10.1 Å². The zero-order valence-corrected chi connectivity index (χ0v) is 18.7. The Morgan fingerprint density at radius 3 is 2.41 bits per heavy atom. The third kappa shape index (κ3) is 4.27. The number of carbonyl (C=O) groups is 1. The van der Waals surface area contributed by atoms with Crippen LogP contribution in [0.25, 0.3) is 22.8 Å². The van der Waals surface area contributed by atoms with Crippen molar-refractivity contribution in [1.29, 1.82) is 5.26 Å². The Hall–Kier alpha value is -3.51. The maximum absolute atomic E-state index is 14.1. The summed E-state index contributed by atoms with van der Waals surface area (Å²) in [6, 6.07) is 5.24. The molecule has 0 amide bonds. The molecule has 1 aromatic carbocycles. The number of oxazole rings is 1. The molecule has 2 aromatic heterocycles. The lowest BCUT2D eigenvalue weighted by atomic mass is 9.97. The number of hydrogen-bond acceptors (Lipinski definition) is 6. The van der Waals surface area contributed by atoms with Crippen LogP contribution in [0.1, 0.15) is 37.7 Å². The van der Waals surface area contributed by atoms with Gasteiger partial charge in [-0.15, -0.1) is 0 Å². The van der Waals surface area contributed by atoms with Crippen LogP contribution in [0.2, 0.25) is 5.15 Å². The molecule has 0 saturated carbocycles. The number of aromatic nitrogens is 3. The highest BCUT2D eigenvalue weighted by Crippen LogP contribution is 2.36. The molecule has 0 atom stereocenters. The summed E-state index contributed by atoms with van der Waals surface area (Å²) in [6.45, 7) is 6.56. The maximum Gasteiger partial charge on any atom is 0.316 e. The lowest BCUT2D eigenvalue weighted by Gasteiger charge is -2.18. The molecule has 0 saturated heterocycles. The van der Waals surface area contributed by atoms with Gasteiger partial charge in [0, 0.05) is 7.05 Å². The van der Waals surface area contributed by atoms with Gasteiger partial charge >= 0.3 is 5.97 Å². The summed E-state index contributed by atoms with van der Waals surface area (Å²) in [6.07, 6.45) is 1.05. The summed E-state index contributed by atoms with van der Waals surface area (Å²) in [5.74, 6) is -2.96. The number of halogens is 3. The summed E-state index contributed by atoms with van der Waals surface area (Å²) in [5.41, 5.74) is -1.09. The first-order valence-electron chi connectivity index (χ1n) is 9.42. The van der Waals surface area contributed by atoms with E-state index >= 15 is 0 Å². The van der Waals surface area contributed by atoms with E-state index in [9.17, 15) is 18.8 Å². The van der Waals surface area contributed by atoms with E-state index in [-0.39, 0.29) is 33.6 Å². The van der Waals surface area contributed by atoms with Crippen molar-refractivity contribution in [3.63, 3.8) is 0 Å². The first kappa shape index (κ1) is 23.2. The molecule has 0 radical (unpaired) electrons. The van der Waals surface area contributed by atoms with Crippen molar-refractivity contribution in [2.24, 2.45) is 12.5 Å². The summed E-state index contributed by atoms with van der Waals surface area (Å²) >= 11 is 6.36. The van der Waals surface area contributed by atoms with Crippen LogP contribution in [0.5, 0.6) is 0 Å². The molecule has 3 aromatic rings. The number of allylic oxidation sites excluding steroid dienone is 1. The highest BCUT2D eigenvalue weighted by Gasteiger charge is 2.31. The molecular weight excluding hydrogens is 442 g/mol. The molecular formula is C22H19ClF2N4O3. The fraction of sp³-hybridized carbons (Fsp3) is 0.273. The quantitative estimate of drug-likeness (QED) is 0.298. The van der Waals surface area contributed by atoms with Gasteiger partial charge in [0.05, 0.1) is 16.7 Å². The molecule has 166 valence electrons. The molecule has 0 aliphatic rings. The highest BCUT2D eigenvalue weighted by atomic mass is 35.5. The third-order valence-electron chi connectivity index (χ3n) is 4.46. The largest absolute Gasteiger partial charge is 0.444 e. The van der Waals surface area contributed by atoms with Gasteiger partial charge in [-0.2, -0.15) is 10.4 Å². The van der Waals surface area contributed by atoms with E-state index in [0.29, 0.717) is 5.69 Å². The molecule has 0 N–H and O–H groups in total. The van der Waals surface area contributed by atoms with Crippen molar-refractivity contribution in [3.8, 4) is 17.5 Å². The van der Waals surface area contributed by atoms with Crippen molar-refractivity contribution in [3.05, 3.63) is 58.2 Å². The van der Waals surface area contributed by atoms with Crippen LogP contribution in [0.15, 0.2) is 28.9 Å². The standard InChI is InChI=1S/C22H19ClF2N4O3/c1-11-16(19(23)29(5)28-11)18(32-21(30)22(2,3)4)12(9-26)15-10-31-20(27-15)17-13(24)7-6-8-14(17)25/h6-8,10H,1-5H3. The predicted molar refractivity (Wildman–Crippen MR) is 113 cm³/mol. The minimum atomic E-state index is -0.903. The summed E-state index contributed by atoms with van der Waals surface area (Å²) < 4.78 is 40.5. The molecule has 32 heavy (non-hydrogen) atoms. The van der Waals surface area contributed by atoms with Gasteiger partial charge in [-0.3, -0.25) is 9.48 Å². The van der Waals surface area contributed by atoms with E-state index in [1.807, 2.05) is 6.07 Å². The van der Waals surface area contributed by atoms with Crippen LogP contribution in [0.4, 0.5) is 8.78 Å². The number of aryl methyl sites for hydroxylation is 2. The van der Waals surface area contributed by atoms with E-state index in [1.54, 1.807) is 34.7 Å². The molecule has 0 unspecified atom stereocenters. The third-order valence-corrected chi connectivity index (χ3v) is 4.90. The topological polar surface area (TPSA) is 93.9 Å². The van der Waals surface area contributed by atoms with Gasteiger partial charge in [-0.1, -0.05) is 17.7 Å². The minimum absolute atomic E-state index is 0.0961. The lowest BCUT2D eigenvalue weighted by molar-refractivity contribution is -0.145. The van der Waals surface area contributed by atoms with Crippen molar-refractivity contribution in [1.82, 2.24) is 14.8 Å². The number of nitriles is 1. The van der Waals surface area contributed by atoms with Gasteiger partial charge in [-0.25, -0.2) is 13.8 Å². The average molecular weight is 461 g/mol. The van der Waals surface area contributed by atoms with Crippen LogP contribution in [0.3, 0.4) is 0 Å². The zero-order valence-electron chi connectivity index (χ0n) is 18.0. The number of nitrogens with zero attached hydrogens (tertiary/aromatic N) is 4. The predicted octanol–water partition coefficient (Wildman–Crippen LogP) is 5.30. The van der Waals surface area contributed by atoms with Crippen LogP contribution in [-0.4, -0.2) is 20.7 Å². The van der Waals surface area contributed by atoms with E-state index in [4.69, 9.17) is 20.8 Å². The number of esters is 1. The Labute approximate surface area is 187 Å². The van der Waals surface area contributed by atoms with Crippen LogP contribution >= 0.6 is 11.6 Å². The average Bonchev–Trinajstić information content (AvgIpc) is 3.25. The Morgan fingerprint density at radius 1 is 1.28 bits per heavy atom. The van der Waals surface area contributed by atoms with Gasteiger partial charge in [0.1, 0.15) is 46.0 Å². The number of benzene rings is 1. The summed E-state index contributed by atoms with van der Waals surface area (Å²) in [5, 5.41) is 14.2. The van der Waals surface area contributed by atoms with Crippen molar-refractivity contribution in [2.75, 3.05) is 0 Å². The second kappa shape index (κ2) is 8.55. The molecule has 0 bridgehead atoms. The van der Waals surface area contributed by atoms with Crippen LogP contribution < -0.4 is 0 Å². The first-order chi connectivity index (χ1) is 15.0. The Balaban J connectivity index is 2.24. The highest BCUT2D eigenvalue weighted by molar-refractivity contribution is 6.31. The van der Waals surface area contributed by atoms with Crippen molar-refractivity contribution < 1.29 is 22.7 Å². The van der Waals surface area contributed by atoms with Gasteiger partial charge in [0.2, 0.25) is 5.89 Å². The number of hydrogen-bond donors (Lipinski definition) is 0. The molecule has 0 fully saturated rings. The molecule has 0 spiro atoms. The van der Waals surface area contributed by atoms with E-state index in [0.717, 1.165) is 18.4 Å². The normalized spacial score (nSPS) is 12.3. The number of ether oxygens (including phenoxy) is 1. The molecule has 0 aliphatic heterocycles. The molecule has 3 rings (SSSR count). The Bertz CT molecular complexity index is 1260. The van der Waals surface area contributed by atoms with Crippen molar-refractivity contribution >= 4 is 28.9 Å². The first-order valence-corrected chi connectivity index (χ1v) is 9.80. The monoisotopic (exact) mass is 460 g/mol. The SMILES string of the molecule is Cc1nn(C)c(Cl)c1C(OC(=O)C(C)(C)C)=C(C#N)c1coc(-c2c(F)cccc2F)n1.